The van der Waals surface area contributed by atoms with Crippen molar-refractivity contribution in [3.63, 3.8) is 0 Å². The number of likely N-dealkylation sites (tertiary alicyclic amines) is 1. The number of hydrogen-bond acceptors (Lipinski definition) is 4. The molecule has 0 saturated carbocycles. The van der Waals surface area contributed by atoms with Gasteiger partial charge in [0.15, 0.2) is 0 Å². The van der Waals surface area contributed by atoms with Gasteiger partial charge in [0.25, 0.3) is 0 Å². The van der Waals surface area contributed by atoms with Gasteiger partial charge in [-0.2, -0.15) is 0 Å². The summed E-state index contributed by atoms with van der Waals surface area (Å²) in [6.07, 6.45) is 3.15. The van der Waals surface area contributed by atoms with Gasteiger partial charge in [-0.3, -0.25) is 4.79 Å². The fourth-order valence-corrected chi connectivity index (χ4v) is 3.88. The minimum Gasteiger partial charge on any atom is -0.496 e. The van der Waals surface area contributed by atoms with E-state index in [1.807, 2.05) is 24.3 Å². The van der Waals surface area contributed by atoms with Gasteiger partial charge in [-0.25, -0.2) is 0 Å². The van der Waals surface area contributed by atoms with Crippen molar-refractivity contribution in [2.24, 2.45) is 11.8 Å². The number of rotatable bonds is 5. The molecule has 132 valence electrons. The Bertz CT molecular complexity index is 555. The van der Waals surface area contributed by atoms with E-state index in [4.69, 9.17) is 9.47 Å². The van der Waals surface area contributed by atoms with E-state index in [1.54, 1.807) is 7.11 Å². The quantitative estimate of drug-likeness (QED) is 0.897. The van der Waals surface area contributed by atoms with E-state index in [1.165, 1.54) is 0 Å². The molecule has 1 aromatic carbocycles. The number of carbonyl (C=O) groups is 1. The van der Waals surface area contributed by atoms with Crippen LogP contribution in [0, 0.1) is 11.8 Å². The molecule has 24 heavy (non-hydrogen) atoms. The Morgan fingerprint density at radius 2 is 2.04 bits per heavy atom. The normalized spacial score (nSPS) is 25.6. The maximum absolute atomic E-state index is 12.7. The number of para-hydroxylation sites is 1. The molecule has 2 saturated heterocycles. The lowest BCUT2D eigenvalue weighted by Gasteiger charge is -2.34. The number of carbonyl (C=O) groups excluding carboxylic acids is 1. The molecule has 2 fully saturated rings. The van der Waals surface area contributed by atoms with Crippen LogP contribution in [0.25, 0.3) is 0 Å². The van der Waals surface area contributed by atoms with Crippen molar-refractivity contribution < 1.29 is 14.3 Å². The van der Waals surface area contributed by atoms with Crippen LogP contribution in [-0.2, 0) is 16.1 Å². The summed E-state index contributed by atoms with van der Waals surface area (Å²) in [6, 6.07) is 7.80. The van der Waals surface area contributed by atoms with Crippen molar-refractivity contribution in [2.45, 2.75) is 31.9 Å². The highest BCUT2D eigenvalue weighted by atomic mass is 16.5. The van der Waals surface area contributed by atoms with Gasteiger partial charge in [-0.15, -0.1) is 0 Å². The van der Waals surface area contributed by atoms with Crippen LogP contribution in [0.5, 0.6) is 5.75 Å². The van der Waals surface area contributed by atoms with Crippen molar-refractivity contribution in [3.8, 4) is 5.75 Å². The fraction of sp³-hybridized carbons (Fsp3) is 0.632. The Hall–Kier alpha value is -1.59. The van der Waals surface area contributed by atoms with Crippen LogP contribution >= 0.6 is 0 Å². The van der Waals surface area contributed by atoms with Crippen LogP contribution in [0.4, 0.5) is 0 Å². The van der Waals surface area contributed by atoms with Crippen molar-refractivity contribution in [1.82, 2.24) is 10.2 Å². The number of amides is 1. The Morgan fingerprint density at radius 3 is 2.79 bits per heavy atom. The van der Waals surface area contributed by atoms with Crippen molar-refractivity contribution in [1.29, 1.82) is 0 Å². The van der Waals surface area contributed by atoms with E-state index in [0.29, 0.717) is 19.1 Å². The number of benzene rings is 1. The molecule has 0 radical (unpaired) electrons. The molecular formula is C19H28N2O3. The lowest BCUT2D eigenvalue weighted by molar-refractivity contribution is -0.128. The first kappa shape index (κ1) is 17.2. The predicted molar refractivity (Wildman–Crippen MR) is 92.9 cm³/mol. The van der Waals surface area contributed by atoms with Gasteiger partial charge in [0.05, 0.1) is 19.1 Å². The second-order valence-electron chi connectivity index (χ2n) is 6.90. The minimum absolute atomic E-state index is 0.0203. The lowest BCUT2D eigenvalue weighted by Crippen LogP contribution is -2.42. The zero-order chi connectivity index (χ0) is 16.9. The molecule has 0 spiro atoms. The molecule has 0 unspecified atom stereocenters. The van der Waals surface area contributed by atoms with Crippen molar-refractivity contribution in [3.05, 3.63) is 29.8 Å². The van der Waals surface area contributed by atoms with Crippen LogP contribution in [0.1, 0.15) is 24.8 Å². The highest BCUT2D eigenvalue weighted by molar-refractivity contribution is 5.79. The number of methoxy groups -OCH3 is 1. The number of hydrogen-bond donors (Lipinski definition) is 1. The molecule has 5 heteroatoms. The fourth-order valence-electron chi connectivity index (χ4n) is 3.88. The summed E-state index contributed by atoms with van der Waals surface area (Å²) >= 11 is 0. The zero-order valence-electron chi connectivity index (χ0n) is 14.7. The average Bonchev–Trinajstić information content (AvgIpc) is 3.10. The number of nitrogens with one attached hydrogen (secondary N) is 1. The highest BCUT2D eigenvalue weighted by Crippen LogP contribution is 2.33. The Kier molecular flexibility index (Phi) is 5.74. The third-order valence-electron chi connectivity index (χ3n) is 5.35. The van der Waals surface area contributed by atoms with E-state index in [9.17, 15) is 4.79 Å². The second-order valence-corrected chi connectivity index (χ2v) is 6.90. The maximum Gasteiger partial charge on any atom is 0.226 e. The molecule has 2 heterocycles. The van der Waals surface area contributed by atoms with Crippen molar-refractivity contribution in [2.75, 3.05) is 33.9 Å². The van der Waals surface area contributed by atoms with Gasteiger partial charge in [-0.1, -0.05) is 18.2 Å². The van der Waals surface area contributed by atoms with E-state index in [2.05, 4.69) is 17.3 Å². The van der Waals surface area contributed by atoms with Gasteiger partial charge >= 0.3 is 0 Å². The number of piperidine rings is 1. The van der Waals surface area contributed by atoms with Crippen LogP contribution < -0.4 is 10.1 Å². The molecule has 1 N–H and O–H groups in total. The Balaban J connectivity index is 1.57. The number of nitrogens with zero attached hydrogens (tertiary/aromatic N) is 1. The van der Waals surface area contributed by atoms with Crippen molar-refractivity contribution >= 4 is 5.91 Å². The average molecular weight is 332 g/mol. The maximum atomic E-state index is 12.7. The van der Waals surface area contributed by atoms with Gasteiger partial charge in [0.1, 0.15) is 5.75 Å². The molecule has 0 aromatic heterocycles. The molecule has 0 bridgehead atoms. The SMILES string of the molecule is COc1ccccc1CNC(=O)[C@H]1CCO[C@@H]1C1CCN(C)CC1. The Labute approximate surface area is 144 Å². The summed E-state index contributed by atoms with van der Waals surface area (Å²) in [5.41, 5.74) is 1.00. The topological polar surface area (TPSA) is 50.8 Å². The number of ether oxygens (including phenoxy) is 2. The first-order valence-electron chi connectivity index (χ1n) is 8.89. The largest absolute Gasteiger partial charge is 0.496 e. The van der Waals surface area contributed by atoms with E-state index in [0.717, 1.165) is 43.7 Å². The van der Waals surface area contributed by atoms with Gasteiger partial charge < -0.3 is 19.7 Å². The smallest absolute Gasteiger partial charge is 0.226 e. The highest BCUT2D eigenvalue weighted by Gasteiger charge is 2.39. The summed E-state index contributed by atoms with van der Waals surface area (Å²) in [6.45, 7) is 3.39. The first-order chi connectivity index (χ1) is 11.7. The van der Waals surface area contributed by atoms with E-state index in [-0.39, 0.29) is 17.9 Å². The van der Waals surface area contributed by atoms with Crippen LogP contribution in [-0.4, -0.2) is 50.8 Å². The summed E-state index contributed by atoms with van der Waals surface area (Å²) in [7, 11) is 3.81. The molecule has 5 nitrogen and oxygen atoms in total. The van der Waals surface area contributed by atoms with E-state index < -0.39 is 0 Å². The second kappa shape index (κ2) is 7.99. The van der Waals surface area contributed by atoms with Crippen LogP contribution in [0.3, 0.4) is 0 Å². The summed E-state index contributed by atoms with van der Waals surface area (Å²) in [5, 5.41) is 3.08. The predicted octanol–water partition coefficient (Wildman–Crippen LogP) is 2.06. The lowest BCUT2D eigenvalue weighted by atomic mass is 9.84. The standard InChI is InChI=1S/C19H28N2O3/c1-21-10-7-14(8-11-21)18-16(9-12-24-18)19(22)20-13-15-5-3-4-6-17(15)23-2/h3-6,14,16,18H,7-13H2,1-2H3,(H,20,22)/t16-,18+/m0/s1. The van der Waals surface area contributed by atoms with Gasteiger partial charge in [-0.05, 0) is 51.4 Å². The molecule has 1 amide bonds. The third kappa shape index (κ3) is 3.90. The monoisotopic (exact) mass is 332 g/mol. The van der Waals surface area contributed by atoms with E-state index >= 15 is 0 Å². The summed E-state index contributed by atoms with van der Waals surface area (Å²) in [5.74, 6) is 1.41. The third-order valence-corrected chi connectivity index (χ3v) is 5.35. The summed E-state index contributed by atoms with van der Waals surface area (Å²) < 4.78 is 11.3. The molecular weight excluding hydrogens is 304 g/mol. The zero-order valence-corrected chi connectivity index (χ0v) is 14.7. The Morgan fingerprint density at radius 1 is 1.29 bits per heavy atom. The molecule has 0 aliphatic carbocycles. The minimum atomic E-state index is -0.0203. The molecule has 2 aliphatic heterocycles. The summed E-state index contributed by atoms with van der Waals surface area (Å²) in [4.78, 5) is 15.0. The van der Waals surface area contributed by atoms with Gasteiger partial charge in [0.2, 0.25) is 5.91 Å². The van der Waals surface area contributed by atoms with Gasteiger partial charge in [0, 0.05) is 18.7 Å². The van der Waals surface area contributed by atoms with Crippen LogP contribution in [0.15, 0.2) is 24.3 Å². The first-order valence-corrected chi connectivity index (χ1v) is 8.89. The molecule has 2 atom stereocenters. The van der Waals surface area contributed by atoms with Crippen LogP contribution in [0.2, 0.25) is 0 Å². The molecule has 2 aliphatic rings. The molecule has 1 aromatic rings. The molecule has 3 rings (SSSR count).